The maximum atomic E-state index is 13.3. The average Bonchev–Trinajstić information content (AvgIpc) is 3.04. The summed E-state index contributed by atoms with van der Waals surface area (Å²) in [6.45, 7) is 2.92. The van der Waals surface area contributed by atoms with E-state index >= 15 is 0 Å². The fourth-order valence-electron chi connectivity index (χ4n) is 4.10. The van der Waals surface area contributed by atoms with Crippen molar-refractivity contribution >= 4 is 5.91 Å². The largest absolute Gasteiger partial charge is 0.349 e. The lowest BCUT2D eigenvalue weighted by molar-refractivity contribution is -0.128. The molecule has 1 aromatic carbocycles. The smallest absolute Gasteiger partial charge is 0.224 e. The molecule has 1 saturated carbocycles. The highest BCUT2D eigenvalue weighted by molar-refractivity contribution is 5.79. The standard InChI is InChI=1S/C19H28FN3O/c20-17-7-3-5-15(11-17)12-23-10-4-6-16(13-23)18(24)22-19(14-21)8-1-2-9-19/h3,5,7,11,16H,1-2,4,6,8-10,12-14,21H2,(H,22,24). The van der Waals surface area contributed by atoms with Crippen LogP contribution >= 0.6 is 0 Å². The van der Waals surface area contributed by atoms with Gasteiger partial charge in [0.25, 0.3) is 0 Å². The van der Waals surface area contributed by atoms with Gasteiger partial charge in [-0.1, -0.05) is 25.0 Å². The zero-order chi connectivity index (χ0) is 17.0. The van der Waals surface area contributed by atoms with Gasteiger partial charge in [-0.15, -0.1) is 0 Å². The molecule has 2 fully saturated rings. The highest BCUT2D eigenvalue weighted by atomic mass is 19.1. The summed E-state index contributed by atoms with van der Waals surface area (Å²) in [6.07, 6.45) is 6.21. The third-order valence-corrected chi connectivity index (χ3v) is 5.51. The summed E-state index contributed by atoms with van der Waals surface area (Å²) in [5.74, 6) is -0.0486. The molecule has 1 aliphatic heterocycles. The van der Waals surface area contributed by atoms with Crippen molar-refractivity contribution in [2.24, 2.45) is 11.7 Å². The van der Waals surface area contributed by atoms with Crippen molar-refractivity contribution in [1.82, 2.24) is 10.2 Å². The number of nitrogens with two attached hydrogens (primary N) is 1. The maximum Gasteiger partial charge on any atom is 0.224 e. The molecule has 5 heteroatoms. The molecule has 1 saturated heterocycles. The van der Waals surface area contributed by atoms with Gasteiger partial charge in [-0.2, -0.15) is 0 Å². The second-order valence-electron chi connectivity index (χ2n) is 7.38. The normalized spacial score (nSPS) is 24.0. The summed E-state index contributed by atoms with van der Waals surface area (Å²) in [5, 5.41) is 3.25. The molecule has 1 heterocycles. The lowest BCUT2D eigenvalue weighted by Gasteiger charge is -2.35. The first-order valence-electron chi connectivity index (χ1n) is 9.09. The van der Waals surface area contributed by atoms with Crippen LogP contribution in [0.2, 0.25) is 0 Å². The highest BCUT2D eigenvalue weighted by Crippen LogP contribution is 2.29. The van der Waals surface area contributed by atoms with Crippen molar-refractivity contribution in [1.29, 1.82) is 0 Å². The molecule has 0 aromatic heterocycles. The van der Waals surface area contributed by atoms with E-state index < -0.39 is 0 Å². The number of hydrogen-bond acceptors (Lipinski definition) is 3. The average molecular weight is 333 g/mol. The zero-order valence-corrected chi connectivity index (χ0v) is 14.3. The quantitative estimate of drug-likeness (QED) is 0.870. The maximum absolute atomic E-state index is 13.3. The van der Waals surface area contributed by atoms with Gasteiger partial charge in [-0.3, -0.25) is 9.69 Å². The summed E-state index contributed by atoms with van der Waals surface area (Å²) >= 11 is 0. The Bertz CT molecular complexity index is 571. The van der Waals surface area contributed by atoms with Crippen LogP contribution in [0.25, 0.3) is 0 Å². The Labute approximate surface area is 143 Å². The van der Waals surface area contributed by atoms with Crippen LogP contribution in [0.1, 0.15) is 44.1 Å². The van der Waals surface area contributed by atoms with Gasteiger partial charge < -0.3 is 11.1 Å². The minimum atomic E-state index is -0.204. The number of nitrogens with zero attached hydrogens (tertiary/aromatic N) is 1. The molecule has 0 bridgehead atoms. The van der Waals surface area contributed by atoms with Crippen molar-refractivity contribution in [2.75, 3.05) is 19.6 Å². The molecule has 2 aliphatic rings. The highest BCUT2D eigenvalue weighted by Gasteiger charge is 2.36. The van der Waals surface area contributed by atoms with E-state index in [1.807, 2.05) is 6.07 Å². The third-order valence-electron chi connectivity index (χ3n) is 5.51. The van der Waals surface area contributed by atoms with Crippen molar-refractivity contribution in [3.8, 4) is 0 Å². The van der Waals surface area contributed by atoms with E-state index in [0.717, 1.165) is 57.2 Å². The monoisotopic (exact) mass is 333 g/mol. The number of carbonyl (C=O) groups excluding carboxylic acids is 1. The van der Waals surface area contributed by atoms with Crippen molar-refractivity contribution in [3.05, 3.63) is 35.6 Å². The first-order chi connectivity index (χ1) is 11.6. The zero-order valence-electron chi connectivity index (χ0n) is 14.3. The van der Waals surface area contributed by atoms with Gasteiger partial charge >= 0.3 is 0 Å². The van der Waals surface area contributed by atoms with E-state index in [1.54, 1.807) is 12.1 Å². The summed E-state index contributed by atoms with van der Waals surface area (Å²) in [4.78, 5) is 15.0. The molecular weight excluding hydrogens is 305 g/mol. The summed E-state index contributed by atoms with van der Waals surface area (Å²) in [6, 6.07) is 6.72. The van der Waals surface area contributed by atoms with E-state index in [2.05, 4.69) is 10.2 Å². The Morgan fingerprint density at radius 3 is 2.83 bits per heavy atom. The van der Waals surface area contributed by atoms with Gasteiger partial charge in [0.1, 0.15) is 5.82 Å². The minimum absolute atomic E-state index is 0.0105. The molecule has 1 aliphatic carbocycles. The van der Waals surface area contributed by atoms with E-state index in [0.29, 0.717) is 13.1 Å². The third kappa shape index (κ3) is 4.14. The van der Waals surface area contributed by atoms with Crippen molar-refractivity contribution in [3.63, 3.8) is 0 Å². The van der Waals surface area contributed by atoms with Gasteiger partial charge in [0.05, 0.1) is 11.5 Å². The van der Waals surface area contributed by atoms with Gasteiger partial charge in [-0.25, -0.2) is 4.39 Å². The van der Waals surface area contributed by atoms with E-state index in [4.69, 9.17) is 5.73 Å². The summed E-state index contributed by atoms with van der Waals surface area (Å²) in [5.41, 5.74) is 6.71. The van der Waals surface area contributed by atoms with E-state index in [-0.39, 0.29) is 23.2 Å². The molecule has 24 heavy (non-hydrogen) atoms. The number of rotatable bonds is 5. The molecule has 1 atom stereocenters. The fourth-order valence-corrected chi connectivity index (χ4v) is 4.10. The minimum Gasteiger partial charge on any atom is -0.349 e. The molecule has 3 rings (SSSR count). The molecule has 132 valence electrons. The van der Waals surface area contributed by atoms with Crippen LogP contribution < -0.4 is 11.1 Å². The topological polar surface area (TPSA) is 58.4 Å². The predicted molar refractivity (Wildman–Crippen MR) is 92.8 cm³/mol. The van der Waals surface area contributed by atoms with Crippen LogP contribution in [-0.2, 0) is 11.3 Å². The number of likely N-dealkylation sites (tertiary alicyclic amines) is 1. The number of piperidine rings is 1. The Balaban J connectivity index is 1.57. The molecule has 4 nitrogen and oxygen atoms in total. The molecule has 3 N–H and O–H groups in total. The number of amides is 1. The fraction of sp³-hybridized carbons (Fsp3) is 0.632. The Morgan fingerprint density at radius 1 is 1.33 bits per heavy atom. The van der Waals surface area contributed by atoms with Gasteiger partial charge in [0, 0.05) is 19.6 Å². The van der Waals surface area contributed by atoms with E-state index in [1.165, 1.54) is 6.07 Å². The number of nitrogens with one attached hydrogen (secondary N) is 1. The first kappa shape index (κ1) is 17.4. The van der Waals surface area contributed by atoms with Crippen LogP contribution in [0.5, 0.6) is 0 Å². The molecule has 1 aromatic rings. The number of halogens is 1. The molecule has 1 unspecified atom stereocenters. The Kier molecular flexibility index (Phi) is 5.51. The van der Waals surface area contributed by atoms with Gasteiger partial charge in [0.15, 0.2) is 0 Å². The van der Waals surface area contributed by atoms with Crippen LogP contribution in [0.4, 0.5) is 4.39 Å². The second-order valence-corrected chi connectivity index (χ2v) is 7.38. The lowest BCUT2D eigenvalue weighted by Crippen LogP contribution is -2.55. The first-order valence-corrected chi connectivity index (χ1v) is 9.09. The molecular formula is C19H28FN3O. The Hall–Kier alpha value is -1.46. The molecule has 0 radical (unpaired) electrons. The van der Waals surface area contributed by atoms with Crippen molar-refractivity contribution in [2.45, 2.75) is 50.6 Å². The van der Waals surface area contributed by atoms with E-state index in [9.17, 15) is 9.18 Å². The van der Waals surface area contributed by atoms with Crippen LogP contribution in [0, 0.1) is 11.7 Å². The number of benzene rings is 1. The second kappa shape index (κ2) is 7.62. The van der Waals surface area contributed by atoms with Crippen LogP contribution in [0.3, 0.4) is 0 Å². The van der Waals surface area contributed by atoms with Crippen LogP contribution in [0.15, 0.2) is 24.3 Å². The predicted octanol–water partition coefficient (Wildman–Crippen LogP) is 2.43. The summed E-state index contributed by atoms with van der Waals surface area (Å²) in [7, 11) is 0. The number of carbonyl (C=O) groups is 1. The van der Waals surface area contributed by atoms with Gasteiger partial charge in [-0.05, 0) is 49.9 Å². The lowest BCUT2D eigenvalue weighted by atomic mass is 9.92. The van der Waals surface area contributed by atoms with Crippen molar-refractivity contribution < 1.29 is 9.18 Å². The Morgan fingerprint density at radius 2 is 2.12 bits per heavy atom. The molecule has 0 spiro atoms. The molecule has 1 amide bonds. The number of hydrogen-bond donors (Lipinski definition) is 2. The SMILES string of the molecule is NCC1(NC(=O)C2CCCN(Cc3cccc(F)c3)C2)CCCC1. The summed E-state index contributed by atoms with van der Waals surface area (Å²) < 4.78 is 13.3. The van der Waals surface area contributed by atoms with Gasteiger partial charge in [0.2, 0.25) is 5.91 Å². The van der Waals surface area contributed by atoms with Crippen LogP contribution in [-0.4, -0.2) is 36.0 Å².